The SMILES string of the molecule is Cc1c(C(N)=O)c(-c2ccc3cccc(O)c3n2)c(C)n1C(C)C. The van der Waals surface area contributed by atoms with Gasteiger partial charge in [0.1, 0.15) is 11.3 Å². The highest BCUT2D eigenvalue weighted by Crippen LogP contribution is 2.35. The first-order chi connectivity index (χ1) is 11.3. The van der Waals surface area contributed by atoms with Crippen molar-refractivity contribution in [1.82, 2.24) is 9.55 Å². The van der Waals surface area contributed by atoms with Gasteiger partial charge in [-0.25, -0.2) is 4.98 Å². The van der Waals surface area contributed by atoms with E-state index in [9.17, 15) is 9.90 Å². The molecule has 0 saturated heterocycles. The van der Waals surface area contributed by atoms with Crippen LogP contribution in [0.15, 0.2) is 30.3 Å². The highest BCUT2D eigenvalue weighted by molar-refractivity contribution is 6.02. The van der Waals surface area contributed by atoms with Crippen LogP contribution in [0.4, 0.5) is 0 Å². The van der Waals surface area contributed by atoms with Gasteiger partial charge in [0.05, 0.1) is 11.3 Å². The number of nitrogens with two attached hydrogens (primary N) is 1. The van der Waals surface area contributed by atoms with Gasteiger partial charge in [-0.15, -0.1) is 0 Å². The highest BCUT2D eigenvalue weighted by Gasteiger charge is 2.24. The van der Waals surface area contributed by atoms with Crippen LogP contribution >= 0.6 is 0 Å². The van der Waals surface area contributed by atoms with Crippen LogP contribution in [-0.2, 0) is 0 Å². The molecule has 2 heterocycles. The summed E-state index contributed by atoms with van der Waals surface area (Å²) in [5, 5.41) is 10.9. The molecule has 3 rings (SSSR count). The second-order valence-corrected chi connectivity index (χ2v) is 6.29. The van der Waals surface area contributed by atoms with E-state index in [1.165, 1.54) is 0 Å². The third-order valence-corrected chi connectivity index (χ3v) is 4.41. The van der Waals surface area contributed by atoms with Crippen LogP contribution in [0, 0.1) is 13.8 Å². The quantitative estimate of drug-likeness (QED) is 0.771. The van der Waals surface area contributed by atoms with E-state index in [0.717, 1.165) is 22.3 Å². The van der Waals surface area contributed by atoms with Crippen molar-refractivity contribution in [3.63, 3.8) is 0 Å². The lowest BCUT2D eigenvalue weighted by molar-refractivity contribution is 0.1000. The van der Waals surface area contributed by atoms with E-state index < -0.39 is 5.91 Å². The molecule has 0 aliphatic rings. The number of para-hydroxylation sites is 1. The predicted octanol–water partition coefficient (Wildman–Crippen LogP) is 3.71. The van der Waals surface area contributed by atoms with Crippen LogP contribution in [0.3, 0.4) is 0 Å². The Morgan fingerprint density at radius 1 is 1.17 bits per heavy atom. The molecule has 0 unspecified atom stereocenters. The van der Waals surface area contributed by atoms with Crippen molar-refractivity contribution in [1.29, 1.82) is 0 Å². The van der Waals surface area contributed by atoms with E-state index in [4.69, 9.17) is 5.73 Å². The molecule has 124 valence electrons. The van der Waals surface area contributed by atoms with Gasteiger partial charge in [-0.3, -0.25) is 4.79 Å². The minimum atomic E-state index is -0.468. The molecule has 3 N–H and O–H groups in total. The smallest absolute Gasteiger partial charge is 0.251 e. The third kappa shape index (κ3) is 2.33. The summed E-state index contributed by atoms with van der Waals surface area (Å²) in [6, 6.07) is 9.22. The first-order valence-electron chi connectivity index (χ1n) is 7.93. The molecule has 2 aromatic heterocycles. The predicted molar refractivity (Wildman–Crippen MR) is 95.2 cm³/mol. The molecule has 5 heteroatoms. The number of benzene rings is 1. The minimum absolute atomic E-state index is 0.118. The second-order valence-electron chi connectivity index (χ2n) is 6.29. The van der Waals surface area contributed by atoms with Crippen LogP contribution in [0.25, 0.3) is 22.2 Å². The van der Waals surface area contributed by atoms with Crippen molar-refractivity contribution < 1.29 is 9.90 Å². The second kappa shape index (κ2) is 5.67. The Labute approximate surface area is 140 Å². The van der Waals surface area contributed by atoms with E-state index in [-0.39, 0.29) is 11.8 Å². The van der Waals surface area contributed by atoms with Crippen LogP contribution in [-0.4, -0.2) is 20.6 Å². The molecule has 0 aliphatic heterocycles. The van der Waals surface area contributed by atoms with Crippen molar-refractivity contribution in [3.05, 3.63) is 47.3 Å². The van der Waals surface area contributed by atoms with E-state index in [0.29, 0.717) is 16.8 Å². The Balaban J connectivity index is 2.35. The Morgan fingerprint density at radius 3 is 2.50 bits per heavy atom. The van der Waals surface area contributed by atoms with Gasteiger partial charge in [0, 0.05) is 28.4 Å². The number of fused-ring (bicyclic) bond motifs is 1. The number of carbonyl (C=O) groups excluding carboxylic acids is 1. The Hall–Kier alpha value is -2.82. The van der Waals surface area contributed by atoms with E-state index in [1.807, 2.05) is 32.0 Å². The molecule has 1 aromatic carbocycles. The standard InChI is InChI=1S/C19H21N3O2/c1-10(2)22-11(3)16(17(12(22)4)19(20)24)14-9-8-13-6-5-7-15(23)18(13)21-14/h5-10,23H,1-4H3,(H2,20,24). The van der Waals surface area contributed by atoms with Crippen molar-refractivity contribution in [2.45, 2.75) is 33.7 Å². The summed E-state index contributed by atoms with van der Waals surface area (Å²) in [5.41, 5.74) is 9.80. The molecule has 0 radical (unpaired) electrons. The number of phenolic OH excluding ortho intramolecular Hbond substituents is 1. The zero-order chi connectivity index (χ0) is 17.6. The summed E-state index contributed by atoms with van der Waals surface area (Å²) in [7, 11) is 0. The lowest BCUT2D eigenvalue weighted by Crippen LogP contribution is -2.14. The molecular weight excluding hydrogens is 302 g/mol. The first kappa shape index (κ1) is 16.1. The highest BCUT2D eigenvalue weighted by atomic mass is 16.3. The van der Waals surface area contributed by atoms with Crippen LogP contribution < -0.4 is 5.73 Å². The maximum Gasteiger partial charge on any atom is 0.251 e. The van der Waals surface area contributed by atoms with Crippen LogP contribution in [0.2, 0.25) is 0 Å². The number of aromatic nitrogens is 2. The van der Waals surface area contributed by atoms with Gasteiger partial charge < -0.3 is 15.4 Å². The molecule has 1 amide bonds. The molecule has 0 aliphatic carbocycles. The fourth-order valence-corrected chi connectivity index (χ4v) is 3.51. The lowest BCUT2D eigenvalue weighted by Gasteiger charge is -2.13. The first-order valence-corrected chi connectivity index (χ1v) is 7.93. The number of hydrogen-bond donors (Lipinski definition) is 2. The number of pyridine rings is 1. The fraction of sp³-hybridized carbons (Fsp3) is 0.263. The molecule has 0 atom stereocenters. The van der Waals surface area contributed by atoms with Gasteiger partial charge in [0.25, 0.3) is 5.91 Å². The van der Waals surface area contributed by atoms with Crippen molar-refractivity contribution in [2.24, 2.45) is 5.73 Å². The number of phenols is 1. The molecule has 3 aromatic rings. The molecule has 0 saturated carbocycles. The van der Waals surface area contributed by atoms with Gasteiger partial charge in [-0.2, -0.15) is 0 Å². The number of rotatable bonds is 3. The van der Waals surface area contributed by atoms with E-state index >= 15 is 0 Å². The zero-order valence-electron chi connectivity index (χ0n) is 14.3. The average Bonchev–Trinajstić information content (AvgIpc) is 2.78. The van der Waals surface area contributed by atoms with Gasteiger partial charge in [-0.1, -0.05) is 18.2 Å². The van der Waals surface area contributed by atoms with Crippen LogP contribution in [0.5, 0.6) is 5.75 Å². The Bertz CT molecular complexity index is 955. The molecule has 0 spiro atoms. The average molecular weight is 323 g/mol. The number of aromatic hydroxyl groups is 1. The number of carbonyl (C=O) groups is 1. The monoisotopic (exact) mass is 323 g/mol. The number of hydrogen-bond acceptors (Lipinski definition) is 3. The summed E-state index contributed by atoms with van der Waals surface area (Å²) >= 11 is 0. The molecule has 0 fully saturated rings. The summed E-state index contributed by atoms with van der Waals surface area (Å²) in [5.74, 6) is -0.350. The fourth-order valence-electron chi connectivity index (χ4n) is 3.51. The maximum absolute atomic E-state index is 12.1. The maximum atomic E-state index is 12.1. The van der Waals surface area contributed by atoms with E-state index in [1.54, 1.807) is 12.1 Å². The zero-order valence-corrected chi connectivity index (χ0v) is 14.3. The Morgan fingerprint density at radius 2 is 1.88 bits per heavy atom. The van der Waals surface area contributed by atoms with Gasteiger partial charge in [0.2, 0.25) is 0 Å². The van der Waals surface area contributed by atoms with Crippen LogP contribution in [0.1, 0.15) is 41.6 Å². The molecule has 5 nitrogen and oxygen atoms in total. The van der Waals surface area contributed by atoms with E-state index in [2.05, 4.69) is 23.4 Å². The molecule has 0 bridgehead atoms. The molecule has 24 heavy (non-hydrogen) atoms. The summed E-state index contributed by atoms with van der Waals surface area (Å²) in [6.07, 6.45) is 0. The summed E-state index contributed by atoms with van der Waals surface area (Å²) < 4.78 is 2.09. The number of nitrogens with zero attached hydrogens (tertiary/aromatic N) is 2. The van der Waals surface area contributed by atoms with Crippen molar-refractivity contribution in [3.8, 4) is 17.0 Å². The Kier molecular flexibility index (Phi) is 3.79. The summed E-state index contributed by atoms with van der Waals surface area (Å²) in [4.78, 5) is 16.7. The van der Waals surface area contributed by atoms with Crippen molar-refractivity contribution >= 4 is 16.8 Å². The topological polar surface area (TPSA) is 81.1 Å². The third-order valence-electron chi connectivity index (χ3n) is 4.41. The van der Waals surface area contributed by atoms with Gasteiger partial charge in [-0.05, 0) is 39.8 Å². The minimum Gasteiger partial charge on any atom is -0.506 e. The normalized spacial score (nSPS) is 11.4. The summed E-state index contributed by atoms with van der Waals surface area (Å²) in [6.45, 7) is 7.99. The van der Waals surface area contributed by atoms with Crippen molar-refractivity contribution in [2.75, 3.05) is 0 Å². The van der Waals surface area contributed by atoms with Gasteiger partial charge >= 0.3 is 0 Å². The lowest BCUT2D eigenvalue weighted by atomic mass is 10.0. The number of amides is 1. The molecular formula is C19H21N3O2. The van der Waals surface area contributed by atoms with Gasteiger partial charge in [0.15, 0.2) is 0 Å². The number of primary amides is 1. The largest absolute Gasteiger partial charge is 0.506 e.